The number of fused-ring (bicyclic) bond motifs is 1. The molecule has 2 heterocycles. The number of carbonyl (C=O) groups excluding carboxylic acids is 1. The quantitative estimate of drug-likeness (QED) is 0.651. The predicted octanol–water partition coefficient (Wildman–Crippen LogP) is 4.81. The lowest BCUT2D eigenvalue weighted by Gasteiger charge is -2.36. The summed E-state index contributed by atoms with van der Waals surface area (Å²) in [5.74, 6) is 0.440. The molecule has 0 bridgehead atoms. The molecule has 5 heteroatoms. The van der Waals surface area contributed by atoms with Crippen molar-refractivity contribution in [3.05, 3.63) is 65.4 Å². The second-order valence-corrected chi connectivity index (χ2v) is 8.76. The number of aryl methyl sites for hydroxylation is 1. The third kappa shape index (κ3) is 4.15. The van der Waals surface area contributed by atoms with Crippen LogP contribution in [0.3, 0.4) is 0 Å². The maximum Gasteiger partial charge on any atom is 0.256 e. The molecule has 0 unspecified atom stereocenters. The molecule has 1 amide bonds. The Morgan fingerprint density at radius 3 is 2.55 bits per heavy atom. The SMILES string of the molecule is CCN1CCN(c2ccc(NC(=O)c3cc(C4CC4)nc4ccccc34)cc2C)CC1. The van der Waals surface area contributed by atoms with Crippen molar-refractivity contribution in [1.29, 1.82) is 0 Å². The monoisotopic (exact) mass is 414 g/mol. The van der Waals surface area contributed by atoms with E-state index in [9.17, 15) is 4.79 Å². The van der Waals surface area contributed by atoms with E-state index in [1.807, 2.05) is 36.4 Å². The van der Waals surface area contributed by atoms with Crippen molar-refractivity contribution in [3.63, 3.8) is 0 Å². The molecule has 160 valence electrons. The zero-order chi connectivity index (χ0) is 21.4. The number of piperazine rings is 1. The van der Waals surface area contributed by atoms with Gasteiger partial charge >= 0.3 is 0 Å². The van der Waals surface area contributed by atoms with Gasteiger partial charge in [0.05, 0.1) is 11.1 Å². The average Bonchev–Trinajstić information content (AvgIpc) is 3.64. The van der Waals surface area contributed by atoms with Crippen LogP contribution in [-0.2, 0) is 0 Å². The van der Waals surface area contributed by atoms with Crippen molar-refractivity contribution in [1.82, 2.24) is 9.88 Å². The fourth-order valence-corrected chi connectivity index (χ4v) is 4.56. The van der Waals surface area contributed by atoms with Gasteiger partial charge in [-0.2, -0.15) is 0 Å². The number of likely N-dealkylation sites (N-methyl/N-ethyl adjacent to an activating group) is 1. The summed E-state index contributed by atoms with van der Waals surface area (Å²) in [7, 11) is 0. The highest BCUT2D eigenvalue weighted by molar-refractivity contribution is 6.12. The maximum absolute atomic E-state index is 13.2. The Bertz CT molecular complexity index is 1110. The minimum Gasteiger partial charge on any atom is -0.369 e. The molecule has 0 radical (unpaired) electrons. The predicted molar refractivity (Wildman–Crippen MR) is 127 cm³/mol. The van der Waals surface area contributed by atoms with E-state index in [0.29, 0.717) is 11.5 Å². The van der Waals surface area contributed by atoms with Gasteiger partial charge in [-0.1, -0.05) is 25.1 Å². The molecule has 0 spiro atoms. The van der Waals surface area contributed by atoms with Gasteiger partial charge in [-0.15, -0.1) is 0 Å². The van der Waals surface area contributed by atoms with E-state index in [1.54, 1.807) is 0 Å². The highest BCUT2D eigenvalue weighted by Crippen LogP contribution is 2.40. The summed E-state index contributed by atoms with van der Waals surface area (Å²) in [5.41, 5.74) is 5.95. The molecule has 5 rings (SSSR count). The Morgan fingerprint density at radius 1 is 1.06 bits per heavy atom. The molecule has 1 saturated carbocycles. The number of pyridine rings is 1. The normalized spacial score (nSPS) is 17.2. The molecule has 2 aliphatic rings. The third-order valence-corrected chi connectivity index (χ3v) is 6.59. The van der Waals surface area contributed by atoms with E-state index in [1.165, 1.54) is 24.1 Å². The van der Waals surface area contributed by atoms with E-state index in [0.717, 1.165) is 55.0 Å². The average molecular weight is 415 g/mol. The summed E-state index contributed by atoms with van der Waals surface area (Å²) in [6.07, 6.45) is 2.33. The zero-order valence-electron chi connectivity index (χ0n) is 18.4. The second kappa shape index (κ2) is 8.31. The number of anilines is 2. The zero-order valence-corrected chi connectivity index (χ0v) is 18.4. The first kappa shape index (κ1) is 20.0. The fourth-order valence-electron chi connectivity index (χ4n) is 4.56. The van der Waals surface area contributed by atoms with Gasteiger partial charge in [0.2, 0.25) is 0 Å². The number of para-hydroxylation sites is 1. The van der Waals surface area contributed by atoms with Crippen LogP contribution in [0.1, 0.15) is 47.3 Å². The second-order valence-electron chi connectivity index (χ2n) is 8.76. The number of amides is 1. The Morgan fingerprint density at radius 2 is 1.84 bits per heavy atom. The minimum atomic E-state index is -0.0655. The Labute approximate surface area is 184 Å². The number of benzene rings is 2. The van der Waals surface area contributed by atoms with E-state index >= 15 is 0 Å². The lowest BCUT2D eigenvalue weighted by Crippen LogP contribution is -2.46. The summed E-state index contributed by atoms with van der Waals surface area (Å²) in [4.78, 5) is 23.0. The van der Waals surface area contributed by atoms with Crippen molar-refractivity contribution in [2.45, 2.75) is 32.6 Å². The molecular weight excluding hydrogens is 384 g/mol. The van der Waals surface area contributed by atoms with E-state index < -0.39 is 0 Å². The summed E-state index contributed by atoms with van der Waals surface area (Å²) in [6, 6.07) is 16.2. The van der Waals surface area contributed by atoms with Crippen molar-refractivity contribution >= 4 is 28.2 Å². The van der Waals surface area contributed by atoms with Gasteiger partial charge in [0, 0.05) is 54.6 Å². The number of aromatic nitrogens is 1. The van der Waals surface area contributed by atoms with E-state index in [4.69, 9.17) is 4.98 Å². The molecule has 2 aromatic carbocycles. The lowest BCUT2D eigenvalue weighted by molar-refractivity contribution is 0.102. The van der Waals surface area contributed by atoms with Crippen molar-refractivity contribution in [3.8, 4) is 0 Å². The number of hydrogen-bond donors (Lipinski definition) is 1. The Balaban J connectivity index is 1.37. The third-order valence-electron chi connectivity index (χ3n) is 6.59. The van der Waals surface area contributed by atoms with Crippen LogP contribution in [0, 0.1) is 6.92 Å². The number of nitrogens with one attached hydrogen (secondary N) is 1. The standard InChI is InChI=1S/C26H30N4O/c1-3-29-12-14-30(15-13-29)25-11-10-20(16-18(25)2)27-26(31)22-17-24(19-8-9-19)28-23-7-5-4-6-21(22)23/h4-7,10-11,16-17,19H,3,8-9,12-15H2,1-2H3,(H,27,31). The Hall–Kier alpha value is -2.92. The molecule has 2 fully saturated rings. The summed E-state index contributed by atoms with van der Waals surface area (Å²) >= 11 is 0. The van der Waals surface area contributed by atoms with Crippen LogP contribution < -0.4 is 10.2 Å². The van der Waals surface area contributed by atoms with Gasteiger partial charge in [-0.05, 0) is 62.2 Å². The van der Waals surface area contributed by atoms with Gasteiger partial charge in [-0.25, -0.2) is 0 Å². The Kier molecular flexibility index (Phi) is 5.36. The van der Waals surface area contributed by atoms with Crippen molar-refractivity contribution < 1.29 is 4.79 Å². The van der Waals surface area contributed by atoms with Crippen LogP contribution in [0.2, 0.25) is 0 Å². The smallest absolute Gasteiger partial charge is 0.256 e. The van der Waals surface area contributed by atoms with Gasteiger partial charge in [-0.3, -0.25) is 9.78 Å². The minimum absolute atomic E-state index is 0.0655. The summed E-state index contributed by atoms with van der Waals surface area (Å²) < 4.78 is 0. The number of hydrogen-bond acceptors (Lipinski definition) is 4. The van der Waals surface area contributed by atoms with Crippen LogP contribution in [0.25, 0.3) is 10.9 Å². The van der Waals surface area contributed by atoms with Crippen LogP contribution in [0.15, 0.2) is 48.5 Å². The first-order valence-corrected chi connectivity index (χ1v) is 11.4. The first-order valence-electron chi connectivity index (χ1n) is 11.4. The van der Waals surface area contributed by atoms with Crippen LogP contribution in [-0.4, -0.2) is 48.5 Å². The van der Waals surface area contributed by atoms with Crippen molar-refractivity contribution in [2.24, 2.45) is 0 Å². The van der Waals surface area contributed by atoms with Crippen molar-refractivity contribution in [2.75, 3.05) is 42.9 Å². The maximum atomic E-state index is 13.2. The molecule has 1 aliphatic heterocycles. The first-order chi connectivity index (χ1) is 15.1. The van der Waals surface area contributed by atoms with Crippen LogP contribution in [0.4, 0.5) is 11.4 Å². The highest BCUT2D eigenvalue weighted by Gasteiger charge is 2.27. The van der Waals surface area contributed by atoms with Gasteiger partial charge in [0.1, 0.15) is 0 Å². The lowest BCUT2D eigenvalue weighted by atomic mass is 10.0. The van der Waals surface area contributed by atoms with E-state index in [2.05, 4.69) is 41.1 Å². The number of nitrogens with zero attached hydrogens (tertiary/aromatic N) is 3. The molecule has 1 N–H and O–H groups in total. The molecule has 1 aliphatic carbocycles. The largest absolute Gasteiger partial charge is 0.369 e. The van der Waals surface area contributed by atoms with Gasteiger partial charge in [0.15, 0.2) is 0 Å². The fraction of sp³-hybridized carbons (Fsp3) is 0.385. The molecular formula is C26H30N4O. The van der Waals surface area contributed by atoms with Gasteiger partial charge < -0.3 is 15.1 Å². The summed E-state index contributed by atoms with van der Waals surface area (Å²) in [6.45, 7) is 9.77. The summed E-state index contributed by atoms with van der Waals surface area (Å²) in [5, 5.41) is 4.04. The van der Waals surface area contributed by atoms with Gasteiger partial charge in [0.25, 0.3) is 5.91 Å². The molecule has 31 heavy (non-hydrogen) atoms. The molecule has 3 aromatic rings. The van der Waals surface area contributed by atoms with Crippen LogP contribution >= 0.6 is 0 Å². The molecule has 0 atom stereocenters. The number of rotatable bonds is 5. The molecule has 5 nitrogen and oxygen atoms in total. The highest BCUT2D eigenvalue weighted by atomic mass is 16.1. The molecule has 1 saturated heterocycles. The number of carbonyl (C=O) groups is 1. The van der Waals surface area contributed by atoms with E-state index in [-0.39, 0.29) is 5.91 Å². The van der Waals surface area contributed by atoms with Crippen LogP contribution in [0.5, 0.6) is 0 Å². The topological polar surface area (TPSA) is 48.5 Å². The molecule has 1 aromatic heterocycles.